The van der Waals surface area contributed by atoms with Gasteiger partial charge in [0.05, 0.1) is 6.54 Å². The predicted octanol–water partition coefficient (Wildman–Crippen LogP) is -0.160. The van der Waals surface area contributed by atoms with Crippen LogP contribution in [0.3, 0.4) is 0 Å². The molecule has 0 radical (unpaired) electrons. The minimum absolute atomic E-state index is 0.0364. The number of rotatable bonds is 3. The van der Waals surface area contributed by atoms with Crippen LogP contribution in [0, 0.1) is 5.92 Å². The van der Waals surface area contributed by atoms with E-state index >= 15 is 0 Å². The van der Waals surface area contributed by atoms with E-state index in [0.717, 1.165) is 32.4 Å². The third kappa shape index (κ3) is 3.04. The fourth-order valence-corrected chi connectivity index (χ4v) is 2.63. The van der Waals surface area contributed by atoms with Gasteiger partial charge in [-0.25, -0.2) is 0 Å². The van der Waals surface area contributed by atoms with Gasteiger partial charge in [-0.05, 0) is 31.7 Å². The van der Waals surface area contributed by atoms with Gasteiger partial charge in [0, 0.05) is 26.1 Å². The van der Waals surface area contributed by atoms with Crippen molar-refractivity contribution in [3.8, 4) is 0 Å². The fraction of sp³-hybridized carbons (Fsp3) is 0.833. The van der Waals surface area contributed by atoms with E-state index < -0.39 is 0 Å². The molecule has 1 N–H and O–H groups in total. The average molecular weight is 240 g/mol. The molecule has 2 heterocycles. The number of carbonyl (C=O) groups is 2. The summed E-state index contributed by atoms with van der Waals surface area (Å²) in [6.45, 7) is 2.75. The maximum atomic E-state index is 11.9. The van der Waals surface area contributed by atoms with Crippen molar-refractivity contribution >= 4 is 11.8 Å². The zero-order valence-electron chi connectivity index (χ0n) is 10.1. The summed E-state index contributed by atoms with van der Waals surface area (Å²) in [4.78, 5) is 26.8. The highest BCUT2D eigenvalue weighted by Gasteiger charge is 2.28. The first-order chi connectivity index (χ1) is 8.20. The average Bonchev–Trinajstić information content (AvgIpc) is 2.76. The lowest BCUT2D eigenvalue weighted by Crippen LogP contribution is -2.45. The fourth-order valence-electron chi connectivity index (χ4n) is 2.63. The van der Waals surface area contributed by atoms with Crippen molar-refractivity contribution in [2.45, 2.75) is 25.7 Å². The second-order valence-corrected chi connectivity index (χ2v) is 4.97. The molecule has 0 bridgehead atoms. The summed E-state index contributed by atoms with van der Waals surface area (Å²) in [5, 5.41) is 9.12. The number of imide groups is 1. The predicted molar refractivity (Wildman–Crippen MR) is 62.2 cm³/mol. The summed E-state index contributed by atoms with van der Waals surface area (Å²) in [5.74, 6) is 0.169. The first-order valence-electron chi connectivity index (χ1n) is 6.37. The number of piperidine rings is 1. The van der Waals surface area contributed by atoms with E-state index in [1.165, 1.54) is 4.90 Å². The minimum Gasteiger partial charge on any atom is -0.396 e. The Morgan fingerprint density at radius 1 is 1.35 bits per heavy atom. The molecule has 0 aliphatic carbocycles. The number of likely N-dealkylation sites (tertiary alicyclic amines) is 2. The topological polar surface area (TPSA) is 60.9 Å². The lowest BCUT2D eigenvalue weighted by atomic mass is 9.99. The zero-order chi connectivity index (χ0) is 12.3. The van der Waals surface area contributed by atoms with Crippen LogP contribution in [0.5, 0.6) is 0 Å². The lowest BCUT2D eigenvalue weighted by Gasteiger charge is -2.31. The van der Waals surface area contributed by atoms with E-state index in [9.17, 15) is 9.59 Å². The van der Waals surface area contributed by atoms with Crippen LogP contribution in [0.1, 0.15) is 25.7 Å². The first kappa shape index (κ1) is 12.5. The van der Waals surface area contributed by atoms with Crippen LogP contribution in [0.4, 0.5) is 0 Å². The molecule has 5 heteroatoms. The third-order valence-corrected chi connectivity index (χ3v) is 3.59. The molecule has 2 rings (SSSR count). The number of carbonyl (C=O) groups excluding carboxylic acids is 2. The summed E-state index contributed by atoms with van der Waals surface area (Å²) >= 11 is 0. The van der Waals surface area contributed by atoms with E-state index in [1.807, 2.05) is 0 Å². The van der Waals surface area contributed by atoms with E-state index in [0.29, 0.717) is 19.5 Å². The van der Waals surface area contributed by atoms with Gasteiger partial charge in [-0.2, -0.15) is 0 Å². The number of aliphatic hydroxyl groups is 1. The number of amides is 2. The molecule has 0 aromatic heterocycles. The van der Waals surface area contributed by atoms with Gasteiger partial charge in [-0.1, -0.05) is 0 Å². The van der Waals surface area contributed by atoms with Crippen LogP contribution in [-0.2, 0) is 9.59 Å². The van der Waals surface area contributed by atoms with Gasteiger partial charge in [0.15, 0.2) is 0 Å². The highest BCUT2D eigenvalue weighted by molar-refractivity contribution is 5.97. The molecular formula is C12H20N2O3. The highest BCUT2D eigenvalue weighted by Crippen LogP contribution is 2.16. The number of hydrogen-bond donors (Lipinski definition) is 1. The Morgan fingerprint density at radius 3 is 2.82 bits per heavy atom. The van der Waals surface area contributed by atoms with Crippen LogP contribution in [0.15, 0.2) is 0 Å². The zero-order valence-corrected chi connectivity index (χ0v) is 10.1. The Hall–Kier alpha value is -0.940. The maximum absolute atomic E-state index is 11.9. The lowest BCUT2D eigenvalue weighted by molar-refractivity contribution is -0.142. The maximum Gasteiger partial charge on any atom is 0.243 e. The summed E-state index contributed by atoms with van der Waals surface area (Å²) < 4.78 is 0. The van der Waals surface area contributed by atoms with Gasteiger partial charge in [-0.15, -0.1) is 0 Å². The molecule has 96 valence electrons. The van der Waals surface area contributed by atoms with Crippen molar-refractivity contribution in [1.82, 2.24) is 9.80 Å². The van der Waals surface area contributed by atoms with Gasteiger partial charge in [0.25, 0.3) is 0 Å². The van der Waals surface area contributed by atoms with Crippen LogP contribution >= 0.6 is 0 Å². The summed E-state index contributed by atoms with van der Waals surface area (Å²) in [7, 11) is 0. The molecule has 2 aliphatic heterocycles. The first-order valence-corrected chi connectivity index (χ1v) is 6.37. The molecule has 0 aromatic rings. The highest BCUT2D eigenvalue weighted by atomic mass is 16.3. The molecule has 17 heavy (non-hydrogen) atoms. The van der Waals surface area contributed by atoms with E-state index in [-0.39, 0.29) is 24.3 Å². The molecular weight excluding hydrogens is 220 g/mol. The Kier molecular flexibility index (Phi) is 4.12. The number of nitrogens with zero attached hydrogens (tertiary/aromatic N) is 2. The summed E-state index contributed by atoms with van der Waals surface area (Å²) in [5.41, 5.74) is 0. The van der Waals surface area contributed by atoms with Crippen LogP contribution in [-0.4, -0.2) is 59.5 Å². The van der Waals surface area contributed by atoms with Crippen molar-refractivity contribution in [3.63, 3.8) is 0 Å². The Balaban J connectivity index is 1.83. The Labute approximate surface area is 101 Å². The van der Waals surface area contributed by atoms with Crippen molar-refractivity contribution in [2.24, 2.45) is 5.92 Å². The van der Waals surface area contributed by atoms with Crippen molar-refractivity contribution < 1.29 is 14.7 Å². The minimum atomic E-state index is -0.0777. The smallest absolute Gasteiger partial charge is 0.243 e. The summed E-state index contributed by atoms with van der Waals surface area (Å²) in [6.07, 6.45) is 3.35. The van der Waals surface area contributed by atoms with E-state index in [1.54, 1.807) is 0 Å². The SMILES string of the molecule is O=C1CCCN1C(=O)CN1CCCC(CO)C1. The van der Waals surface area contributed by atoms with E-state index in [4.69, 9.17) is 5.11 Å². The largest absolute Gasteiger partial charge is 0.396 e. The van der Waals surface area contributed by atoms with Gasteiger partial charge < -0.3 is 5.11 Å². The molecule has 0 saturated carbocycles. The van der Waals surface area contributed by atoms with Crippen molar-refractivity contribution in [2.75, 3.05) is 32.8 Å². The van der Waals surface area contributed by atoms with Crippen molar-refractivity contribution in [3.05, 3.63) is 0 Å². The second kappa shape index (κ2) is 5.60. The molecule has 1 atom stereocenters. The Bertz CT molecular complexity index is 306. The number of hydrogen-bond acceptors (Lipinski definition) is 4. The Morgan fingerprint density at radius 2 is 2.18 bits per heavy atom. The molecule has 1 unspecified atom stereocenters. The van der Waals surface area contributed by atoms with Gasteiger partial charge in [0.1, 0.15) is 0 Å². The molecule has 2 saturated heterocycles. The molecule has 0 spiro atoms. The molecule has 2 amide bonds. The molecule has 0 aromatic carbocycles. The quantitative estimate of drug-likeness (QED) is 0.744. The van der Waals surface area contributed by atoms with Crippen LogP contribution in [0.2, 0.25) is 0 Å². The van der Waals surface area contributed by atoms with Gasteiger partial charge in [0.2, 0.25) is 11.8 Å². The third-order valence-electron chi connectivity index (χ3n) is 3.59. The normalized spacial score (nSPS) is 26.5. The van der Waals surface area contributed by atoms with Crippen LogP contribution < -0.4 is 0 Å². The van der Waals surface area contributed by atoms with Crippen LogP contribution in [0.25, 0.3) is 0 Å². The molecule has 2 fully saturated rings. The molecule has 5 nitrogen and oxygen atoms in total. The van der Waals surface area contributed by atoms with Gasteiger partial charge >= 0.3 is 0 Å². The molecule has 2 aliphatic rings. The number of aliphatic hydroxyl groups excluding tert-OH is 1. The van der Waals surface area contributed by atoms with E-state index in [2.05, 4.69) is 4.90 Å². The second-order valence-electron chi connectivity index (χ2n) is 4.97. The summed E-state index contributed by atoms with van der Waals surface area (Å²) in [6, 6.07) is 0. The standard InChI is InChI=1S/C12H20N2O3/c15-9-10-3-1-5-13(7-10)8-12(17)14-6-2-4-11(14)16/h10,15H,1-9H2. The van der Waals surface area contributed by atoms with Crippen molar-refractivity contribution in [1.29, 1.82) is 0 Å². The van der Waals surface area contributed by atoms with Gasteiger partial charge in [-0.3, -0.25) is 19.4 Å². The monoisotopic (exact) mass is 240 g/mol.